The number of carbonyl (C=O) groups excluding carboxylic acids is 1. The Labute approximate surface area is 157 Å². The Morgan fingerprint density at radius 2 is 2.08 bits per heavy atom. The minimum absolute atomic E-state index is 0.0485. The normalized spacial score (nSPS) is 15.3. The van der Waals surface area contributed by atoms with Crippen molar-refractivity contribution in [2.45, 2.75) is 32.2 Å². The number of fused-ring (bicyclic) bond motifs is 1. The van der Waals surface area contributed by atoms with Crippen LogP contribution in [0.15, 0.2) is 47.2 Å². The molecule has 0 unspecified atom stereocenters. The second kappa shape index (κ2) is 7.46. The standard InChI is InChI=1S/C21H23N3OS/c1-2-16-13-20(18-5-3-4-6-19(18)22-16)24-10-7-17(8-11-24)23-21(25)15-9-12-26-14-15/h3-6,9,12-14,17H,2,7-8,10-11H2,1H3,(H,23,25). The monoisotopic (exact) mass is 365 g/mol. The zero-order chi connectivity index (χ0) is 17.9. The molecule has 3 heterocycles. The third kappa shape index (κ3) is 3.44. The van der Waals surface area contributed by atoms with E-state index in [9.17, 15) is 4.79 Å². The molecule has 1 amide bonds. The fraction of sp³-hybridized carbons (Fsp3) is 0.333. The Kier molecular flexibility index (Phi) is 4.89. The maximum Gasteiger partial charge on any atom is 0.252 e. The van der Waals surface area contributed by atoms with E-state index in [2.05, 4.69) is 41.4 Å². The summed E-state index contributed by atoms with van der Waals surface area (Å²) in [6, 6.07) is 12.7. The summed E-state index contributed by atoms with van der Waals surface area (Å²) in [5, 5.41) is 8.24. The van der Waals surface area contributed by atoms with Gasteiger partial charge >= 0.3 is 0 Å². The summed E-state index contributed by atoms with van der Waals surface area (Å²) in [7, 11) is 0. The quantitative estimate of drug-likeness (QED) is 0.751. The van der Waals surface area contributed by atoms with E-state index < -0.39 is 0 Å². The lowest BCUT2D eigenvalue weighted by Crippen LogP contribution is -2.44. The molecule has 1 aliphatic heterocycles. The number of thiophene rings is 1. The maximum absolute atomic E-state index is 12.3. The van der Waals surface area contributed by atoms with Crippen LogP contribution < -0.4 is 10.2 Å². The molecule has 4 nitrogen and oxygen atoms in total. The largest absolute Gasteiger partial charge is 0.371 e. The molecule has 3 aromatic rings. The molecule has 0 bridgehead atoms. The second-order valence-corrected chi connectivity index (χ2v) is 7.53. The number of aromatic nitrogens is 1. The first kappa shape index (κ1) is 17.0. The van der Waals surface area contributed by atoms with Crippen molar-refractivity contribution in [1.82, 2.24) is 10.3 Å². The molecule has 2 aromatic heterocycles. The van der Waals surface area contributed by atoms with Gasteiger partial charge in [0.05, 0.1) is 5.52 Å². The summed E-state index contributed by atoms with van der Waals surface area (Å²) >= 11 is 1.56. The highest BCUT2D eigenvalue weighted by Gasteiger charge is 2.23. The lowest BCUT2D eigenvalue weighted by Gasteiger charge is -2.34. The van der Waals surface area contributed by atoms with Gasteiger partial charge in [-0.05, 0) is 42.8 Å². The number of hydrogen-bond donors (Lipinski definition) is 1. The first-order valence-electron chi connectivity index (χ1n) is 9.21. The molecule has 26 heavy (non-hydrogen) atoms. The van der Waals surface area contributed by atoms with Gasteiger partial charge in [-0.1, -0.05) is 25.1 Å². The van der Waals surface area contributed by atoms with Crippen molar-refractivity contribution >= 4 is 33.8 Å². The summed E-state index contributed by atoms with van der Waals surface area (Å²) in [6.45, 7) is 4.05. The maximum atomic E-state index is 12.3. The van der Waals surface area contributed by atoms with Gasteiger partial charge in [0, 0.05) is 46.8 Å². The third-order valence-corrected chi connectivity index (χ3v) is 5.75. The minimum Gasteiger partial charge on any atom is -0.371 e. The lowest BCUT2D eigenvalue weighted by molar-refractivity contribution is 0.0931. The lowest BCUT2D eigenvalue weighted by atomic mass is 10.0. The molecule has 5 heteroatoms. The van der Waals surface area contributed by atoms with Crippen molar-refractivity contribution in [3.05, 3.63) is 58.4 Å². The first-order chi connectivity index (χ1) is 12.7. The van der Waals surface area contributed by atoms with E-state index in [0.29, 0.717) is 0 Å². The number of nitrogens with one attached hydrogen (secondary N) is 1. The van der Waals surface area contributed by atoms with Gasteiger partial charge in [-0.3, -0.25) is 9.78 Å². The van der Waals surface area contributed by atoms with Crippen LogP contribution in [0.2, 0.25) is 0 Å². The Balaban J connectivity index is 1.48. The number of hydrogen-bond acceptors (Lipinski definition) is 4. The number of carbonyl (C=O) groups is 1. The summed E-state index contributed by atoms with van der Waals surface area (Å²) in [4.78, 5) is 19.4. The summed E-state index contributed by atoms with van der Waals surface area (Å²) < 4.78 is 0. The molecule has 4 rings (SSSR count). The van der Waals surface area contributed by atoms with Crippen molar-refractivity contribution in [3.8, 4) is 0 Å². The molecular weight excluding hydrogens is 342 g/mol. The number of anilines is 1. The van der Waals surface area contributed by atoms with Gasteiger partial charge in [0.15, 0.2) is 0 Å². The highest BCUT2D eigenvalue weighted by Crippen LogP contribution is 2.29. The van der Waals surface area contributed by atoms with Crippen LogP contribution in [0.4, 0.5) is 5.69 Å². The van der Waals surface area contributed by atoms with E-state index in [0.717, 1.165) is 49.1 Å². The van der Waals surface area contributed by atoms with Crippen LogP contribution in [0, 0.1) is 0 Å². The van der Waals surface area contributed by atoms with Gasteiger partial charge in [0.2, 0.25) is 0 Å². The van der Waals surface area contributed by atoms with E-state index in [-0.39, 0.29) is 11.9 Å². The number of nitrogens with zero attached hydrogens (tertiary/aromatic N) is 2. The molecule has 0 radical (unpaired) electrons. The average molecular weight is 366 g/mol. The van der Waals surface area contributed by atoms with Gasteiger partial charge in [0.25, 0.3) is 5.91 Å². The zero-order valence-electron chi connectivity index (χ0n) is 14.9. The zero-order valence-corrected chi connectivity index (χ0v) is 15.8. The molecular formula is C21H23N3OS. The molecule has 1 saturated heterocycles. The van der Waals surface area contributed by atoms with Crippen LogP contribution in [0.25, 0.3) is 10.9 Å². The van der Waals surface area contributed by atoms with Crippen molar-refractivity contribution in [3.63, 3.8) is 0 Å². The number of para-hydroxylation sites is 1. The van der Waals surface area contributed by atoms with E-state index in [1.54, 1.807) is 11.3 Å². The second-order valence-electron chi connectivity index (χ2n) is 6.75. The van der Waals surface area contributed by atoms with Gasteiger partial charge in [0.1, 0.15) is 0 Å². The summed E-state index contributed by atoms with van der Waals surface area (Å²) in [6.07, 6.45) is 2.87. The number of benzene rings is 1. The van der Waals surface area contributed by atoms with Crippen LogP contribution in [0.3, 0.4) is 0 Å². The number of rotatable bonds is 4. The molecule has 0 saturated carbocycles. The van der Waals surface area contributed by atoms with Crippen LogP contribution in [-0.4, -0.2) is 30.0 Å². The summed E-state index contributed by atoms with van der Waals surface area (Å²) in [5.41, 5.74) is 4.24. The van der Waals surface area contributed by atoms with E-state index in [1.165, 1.54) is 11.1 Å². The molecule has 1 N–H and O–H groups in total. The van der Waals surface area contributed by atoms with Crippen LogP contribution in [0.1, 0.15) is 35.8 Å². The number of piperidine rings is 1. The highest BCUT2D eigenvalue weighted by atomic mass is 32.1. The first-order valence-corrected chi connectivity index (χ1v) is 10.2. The predicted molar refractivity (Wildman–Crippen MR) is 108 cm³/mol. The molecule has 0 aliphatic carbocycles. The van der Waals surface area contributed by atoms with Gasteiger partial charge in [-0.2, -0.15) is 11.3 Å². The molecule has 0 spiro atoms. The van der Waals surface area contributed by atoms with E-state index >= 15 is 0 Å². The Morgan fingerprint density at radius 3 is 2.81 bits per heavy atom. The van der Waals surface area contributed by atoms with Gasteiger partial charge in [-0.25, -0.2) is 0 Å². The topological polar surface area (TPSA) is 45.2 Å². The van der Waals surface area contributed by atoms with Gasteiger partial charge < -0.3 is 10.2 Å². The SMILES string of the molecule is CCc1cc(N2CCC(NC(=O)c3ccsc3)CC2)c2ccccc2n1. The fourth-order valence-corrected chi connectivity index (χ4v) is 4.22. The predicted octanol–water partition coefficient (Wildman–Crippen LogP) is 4.26. The van der Waals surface area contributed by atoms with E-state index in [4.69, 9.17) is 4.98 Å². The molecule has 1 aromatic carbocycles. The number of aryl methyl sites for hydroxylation is 1. The number of amides is 1. The van der Waals surface area contributed by atoms with Crippen molar-refractivity contribution in [2.75, 3.05) is 18.0 Å². The highest BCUT2D eigenvalue weighted by molar-refractivity contribution is 7.08. The third-order valence-electron chi connectivity index (χ3n) is 5.06. The molecule has 134 valence electrons. The fourth-order valence-electron chi connectivity index (χ4n) is 3.58. The van der Waals surface area contributed by atoms with Crippen molar-refractivity contribution < 1.29 is 4.79 Å². The Bertz CT molecular complexity index is 899. The smallest absolute Gasteiger partial charge is 0.252 e. The van der Waals surface area contributed by atoms with Crippen molar-refractivity contribution in [2.24, 2.45) is 0 Å². The summed E-state index contributed by atoms with van der Waals surface area (Å²) in [5.74, 6) is 0.0485. The van der Waals surface area contributed by atoms with Gasteiger partial charge in [-0.15, -0.1) is 0 Å². The van der Waals surface area contributed by atoms with Crippen LogP contribution >= 0.6 is 11.3 Å². The average Bonchev–Trinajstić information content (AvgIpc) is 3.23. The number of pyridine rings is 1. The van der Waals surface area contributed by atoms with E-state index in [1.807, 2.05) is 22.9 Å². The van der Waals surface area contributed by atoms with Crippen LogP contribution in [-0.2, 0) is 6.42 Å². The Morgan fingerprint density at radius 1 is 1.27 bits per heavy atom. The minimum atomic E-state index is 0.0485. The molecule has 1 aliphatic rings. The molecule has 1 fully saturated rings. The van der Waals surface area contributed by atoms with Crippen LogP contribution in [0.5, 0.6) is 0 Å². The molecule has 0 atom stereocenters. The Hall–Kier alpha value is -2.40. The van der Waals surface area contributed by atoms with Crippen molar-refractivity contribution in [1.29, 1.82) is 0 Å².